The van der Waals surface area contributed by atoms with Crippen molar-refractivity contribution in [1.82, 2.24) is 9.97 Å². The van der Waals surface area contributed by atoms with Crippen molar-refractivity contribution >= 4 is 29.8 Å². The highest BCUT2D eigenvalue weighted by molar-refractivity contribution is 7.71. The van der Waals surface area contributed by atoms with Gasteiger partial charge in [0.15, 0.2) is 16.3 Å². The Hall–Kier alpha value is -3.31. The van der Waals surface area contributed by atoms with E-state index < -0.39 is 11.5 Å². The maximum absolute atomic E-state index is 12.2. The molecule has 0 aliphatic carbocycles. The number of aromatic amines is 2. The first-order valence-corrected chi connectivity index (χ1v) is 8.36. The molecule has 1 aromatic carbocycles. The van der Waals surface area contributed by atoms with E-state index in [1.54, 1.807) is 24.3 Å². The van der Waals surface area contributed by atoms with Gasteiger partial charge in [-0.05, 0) is 42.9 Å². The summed E-state index contributed by atoms with van der Waals surface area (Å²) in [7, 11) is 1.25. The van der Waals surface area contributed by atoms with E-state index in [9.17, 15) is 9.59 Å². The quantitative estimate of drug-likeness (QED) is 0.329. The molecule has 27 heavy (non-hydrogen) atoms. The first-order chi connectivity index (χ1) is 13.0. The molecule has 0 saturated carbocycles. The number of rotatable bonds is 7. The van der Waals surface area contributed by atoms with Crippen molar-refractivity contribution in [2.24, 2.45) is 0 Å². The lowest BCUT2D eigenvalue weighted by Gasteiger charge is -2.12. The zero-order valence-corrected chi connectivity index (χ0v) is 15.6. The Morgan fingerprint density at radius 3 is 2.67 bits per heavy atom. The van der Waals surface area contributed by atoms with E-state index >= 15 is 0 Å². The monoisotopic (exact) mass is 386 g/mol. The van der Waals surface area contributed by atoms with E-state index in [4.69, 9.17) is 32.9 Å². The molecule has 0 atom stereocenters. The molecule has 0 aliphatic rings. The molecular formula is C19H18N2O5S. The number of carbonyl (C=O) groups excluding carboxylic acids is 1. The summed E-state index contributed by atoms with van der Waals surface area (Å²) in [5.41, 5.74) is 0.568. The molecule has 140 valence electrons. The van der Waals surface area contributed by atoms with Crippen LogP contribution in [0.25, 0.3) is 11.6 Å². The topological polar surface area (TPSA) is 93.4 Å². The van der Waals surface area contributed by atoms with Crippen LogP contribution in [0.4, 0.5) is 0 Å². The first-order valence-electron chi connectivity index (χ1n) is 7.95. The van der Waals surface area contributed by atoms with Gasteiger partial charge in [-0.2, -0.15) is 0 Å². The van der Waals surface area contributed by atoms with Gasteiger partial charge in [0.05, 0.1) is 25.0 Å². The van der Waals surface area contributed by atoms with Crippen molar-refractivity contribution in [2.75, 3.05) is 20.3 Å². The maximum Gasteiger partial charge on any atom is 0.339 e. The van der Waals surface area contributed by atoms with Gasteiger partial charge in [-0.1, -0.05) is 12.0 Å². The lowest BCUT2D eigenvalue weighted by Crippen LogP contribution is -2.12. The van der Waals surface area contributed by atoms with Gasteiger partial charge in [0.2, 0.25) is 0 Å². The van der Waals surface area contributed by atoms with Gasteiger partial charge >= 0.3 is 5.97 Å². The van der Waals surface area contributed by atoms with Crippen molar-refractivity contribution in [2.45, 2.75) is 6.92 Å². The zero-order chi connectivity index (χ0) is 19.8. The third-order valence-electron chi connectivity index (χ3n) is 3.35. The summed E-state index contributed by atoms with van der Waals surface area (Å²) in [4.78, 5) is 29.1. The number of methoxy groups -OCH3 is 1. The second-order valence-corrected chi connectivity index (χ2v) is 5.59. The van der Waals surface area contributed by atoms with E-state index in [1.807, 2.05) is 6.92 Å². The van der Waals surface area contributed by atoms with Crippen LogP contribution in [0.3, 0.4) is 0 Å². The molecule has 2 aromatic rings. The average Bonchev–Trinajstić information content (AvgIpc) is 2.64. The minimum atomic E-state index is -0.628. The van der Waals surface area contributed by atoms with Crippen LogP contribution in [0.15, 0.2) is 29.1 Å². The Morgan fingerprint density at radius 2 is 2.04 bits per heavy atom. The molecule has 0 radical (unpaired) electrons. The predicted molar refractivity (Wildman–Crippen MR) is 104 cm³/mol. The smallest absolute Gasteiger partial charge is 0.339 e. The summed E-state index contributed by atoms with van der Waals surface area (Å²) < 4.78 is 15.9. The minimum absolute atomic E-state index is 0.0975. The van der Waals surface area contributed by atoms with Gasteiger partial charge in [0.1, 0.15) is 6.61 Å². The average molecular weight is 386 g/mol. The number of hydrogen-bond acceptors (Lipinski definition) is 6. The van der Waals surface area contributed by atoms with Crippen LogP contribution in [-0.4, -0.2) is 36.3 Å². The molecule has 7 nitrogen and oxygen atoms in total. The van der Waals surface area contributed by atoms with Crippen LogP contribution in [0, 0.1) is 17.1 Å². The van der Waals surface area contributed by atoms with Crippen LogP contribution >= 0.6 is 12.2 Å². The number of H-pyrrole nitrogens is 2. The standard InChI is InChI=1S/C19H18N2O5S/c1-4-8-26-15-7-6-12(10-16(15)25-5-2)9-13(18(23)24-3)14-11-17(22)21-19(27)20-14/h1,6-7,9-11H,5,8H2,2-3H3,(H2,20,21,22,27)/b13-9-. The Labute approximate surface area is 161 Å². The summed E-state index contributed by atoms with van der Waals surface area (Å²) in [6, 6.07) is 6.33. The molecule has 1 heterocycles. The Bertz CT molecular complexity index is 985. The molecule has 2 rings (SSSR count). The normalized spacial score (nSPS) is 10.8. The molecule has 0 aliphatic heterocycles. The van der Waals surface area contributed by atoms with E-state index in [2.05, 4.69) is 15.9 Å². The SMILES string of the molecule is C#CCOc1ccc(/C=C(\C(=O)OC)c2cc(=O)[nH]c(=S)[nH]2)cc1OCC. The van der Waals surface area contributed by atoms with E-state index in [1.165, 1.54) is 13.2 Å². The number of carbonyl (C=O) groups is 1. The van der Waals surface area contributed by atoms with Gasteiger partial charge in [0, 0.05) is 6.07 Å². The lowest BCUT2D eigenvalue weighted by atomic mass is 10.1. The van der Waals surface area contributed by atoms with Gasteiger partial charge < -0.3 is 19.2 Å². The number of ether oxygens (including phenoxy) is 3. The van der Waals surface area contributed by atoms with Crippen molar-refractivity contribution in [3.63, 3.8) is 0 Å². The molecule has 0 amide bonds. The van der Waals surface area contributed by atoms with Gasteiger partial charge in [-0.15, -0.1) is 6.42 Å². The molecule has 0 unspecified atom stereocenters. The number of nitrogens with one attached hydrogen (secondary N) is 2. The van der Waals surface area contributed by atoms with Crippen LogP contribution in [0.2, 0.25) is 0 Å². The summed E-state index contributed by atoms with van der Waals surface area (Å²) in [5.74, 6) is 2.73. The Kier molecular flexibility index (Phi) is 6.97. The molecule has 2 N–H and O–H groups in total. The summed E-state index contributed by atoms with van der Waals surface area (Å²) >= 11 is 4.96. The number of terminal acetylenes is 1. The lowest BCUT2D eigenvalue weighted by molar-refractivity contribution is -0.133. The predicted octanol–water partition coefficient (Wildman–Crippen LogP) is 2.56. The maximum atomic E-state index is 12.2. The van der Waals surface area contributed by atoms with Crippen LogP contribution in [-0.2, 0) is 9.53 Å². The van der Waals surface area contributed by atoms with Crippen LogP contribution < -0.4 is 15.0 Å². The molecular weight excluding hydrogens is 368 g/mol. The highest BCUT2D eigenvalue weighted by Crippen LogP contribution is 2.30. The first kappa shape index (κ1) is 20.0. The zero-order valence-electron chi connectivity index (χ0n) is 14.8. The second-order valence-electron chi connectivity index (χ2n) is 5.18. The Balaban J connectivity index is 2.54. The van der Waals surface area contributed by atoms with E-state index in [0.717, 1.165) is 0 Å². The van der Waals surface area contributed by atoms with E-state index in [0.29, 0.717) is 23.7 Å². The second kappa shape index (κ2) is 9.40. The molecule has 0 bridgehead atoms. The number of esters is 1. The number of aromatic nitrogens is 2. The fourth-order valence-corrected chi connectivity index (χ4v) is 2.47. The number of benzene rings is 1. The van der Waals surface area contributed by atoms with Crippen LogP contribution in [0.1, 0.15) is 18.2 Å². The molecule has 0 fully saturated rings. The van der Waals surface area contributed by atoms with Gasteiger partial charge in [0.25, 0.3) is 5.56 Å². The molecule has 0 spiro atoms. The number of hydrogen-bond donors (Lipinski definition) is 2. The summed E-state index contributed by atoms with van der Waals surface area (Å²) in [5, 5.41) is 0. The highest BCUT2D eigenvalue weighted by atomic mass is 32.1. The van der Waals surface area contributed by atoms with Gasteiger partial charge in [-0.25, -0.2) is 4.79 Å². The highest BCUT2D eigenvalue weighted by Gasteiger charge is 2.15. The van der Waals surface area contributed by atoms with Crippen molar-refractivity contribution in [3.05, 3.63) is 50.6 Å². The minimum Gasteiger partial charge on any atom is -0.490 e. The Morgan fingerprint density at radius 1 is 1.26 bits per heavy atom. The van der Waals surface area contributed by atoms with E-state index in [-0.39, 0.29) is 22.6 Å². The van der Waals surface area contributed by atoms with Gasteiger partial charge in [-0.3, -0.25) is 9.78 Å². The third kappa shape index (κ3) is 5.33. The largest absolute Gasteiger partial charge is 0.490 e. The fraction of sp³-hybridized carbons (Fsp3) is 0.211. The summed E-state index contributed by atoms with van der Waals surface area (Å²) in [6.07, 6.45) is 6.77. The van der Waals surface area contributed by atoms with Crippen LogP contribution in [0.5, 0.6) is 11.5 Å². The summed E-state index contributed by atoms with van der Waals surface area (Å²) in [6.45, 7) is 2.36. The third-order valence-corrected chi connectivity index (χ3v) is 3.55. The molecule has 8 heteroatoms. The van der Waals surface area contributed by atoms with Crippen molar-refractivity contribution < 1.29 is 19.0 Å². The fourth-order valence-electron chi connectivity index (χ4n) is 2.26. The molecule has 0 saturated heterocycles. The van der Waals surface area contributed by atoms with Crippen molar-refractivity contribution in [1.29, 1.82) is 0 Å². The van der Waals surface area contributed by atoms with Crippen molar-refractivity contribution in [3.8, 4) is 23.8 Å². The molecule has 1 aromatic heterocycles.